The van der Waals surface area contributed by atoms with Crippen LogP contribution in [0.15, 0.2) is 35.7 Å². The largest absolute Gasteiger partial charge is 0.462 e. The van der Waals surface area contributed by atoms with Gasteiger partial charge >= 0.3 is 12.0 Å². The second-order valence-electron chi connectivity index (χ2n) is 4.14. The van der Waals surface area contributed by atoms with E-state index in [0.29, 0.717) is 10.6 Å². The topological polar surface area (TPSA) is 67.4 Å². The third kappa shape index (κ3) is 3.41. The Morgan fingerprint density at radius 2 is 1.95 bits per heavy atom. The monoisotopic (exact) mass is 304 g/mol. The zero-order valence-corrected chi connectivity index (χ0v) is 12.6. The van der Waals surface area contributed by atoms with Crippen molar-refractivity contribution >= 4 is 28.3 Å². The molecule has 0 aliphatic carbocycles. The summed E-state index contributed by atoms with van der Waals surface area (Å²) < 4.78 is 5.10. The fraction of sp³-hybridized carbons (Fsp3) is 0.200. The van der Waals surface area contributed by atoms with Gasteiger partial charge in [-0.25, -0.2) is 9.59 Å². The van der Waals surface area contributed by atoms with Gasteiger partial charge in [0.25, 0.3) is 0 Å². The zero-order chi connectivity index (χ0) is 15.2. The van der Waals surface area contributed by atoms with Crippen LogP contribution in [0.3, 0.4) is 0 Å². The Bertz CT molecular complexity index is 638. The molecule has 0 aliphatic rings. The molecule has 0 saturated carbocycles. The Morgan fingerprint density at radius 1 is 1.24 bits per heavy atom. The summed E-state index contributed by atoms with van der Waals surface area (Å²) >= 11 is 1.30. The third-order valence-corrected chi connectivity index (χ3v) is 3.70. The fourth-order valence-electron chi connectivity index (χ4n) is 1.85. The van der Waals surface area contributed by atoms with E-state index in [2.05, 4.69) is 10.6 Å². The van der Waals surface area contributed by atoms with Crippen LogP contribution < -0.4 is 10.6 Å². The van der Waals surface area contributed by atoms with Crippen LogP contribution in [0.4, 0.5) is 9.80 Å². The lowest BCUT2D eigenvalue weighted by molar-refractivity contribution is 0.0529. The Balaban J connectivity index is 2.46. The zero-order valence-electron chi connectivity index (χ0n) is 11.8. The second kappa shape index (κ2) is 6.90. The van der Waals surface area contributed by atoms with Crippen LogP contribution in [-0.4, -0.2) is 25.7 Å². The SMILES string of the molecule is CCOC(=O)c1c(-c2ccccc2)csc1NC(=O)NC. The first-order chi connectivity index (χ1) is 10.2. The van der Waals surface area contributed by atoms with Crippen LogP contribution >= 0.6 is 11.3 Å². The van der Waals surface area contributed by atoms with Crippen molar-refractivity contribution in [2.45, 2.75) is 6.92 Å². The van der Waals surface area contributed by atoms with Gasteiger partial charge in [0.05, 0.1) is 6.61 Å². The third-order valence-electron chi connectivity index (χ3n) is 2.81. The molecule has 0 bridgehead atoms. The van der Waals surface area contributed by atoms with Gasteiger partial charge in [0.1, 0.15) is 10.6 Å². The predicted octanol–water partition coefficient (Wildman–Crippen LogP) is 3.34. The summed E-state index contributed by atoms with van der Waals surface area (Å²) in [6.07, 6.45) is 0. The smallest absolute Gasteiger partial charge is 0.341 e. The molecule has 5 nitrogen and oxygen atoms in total. The Labute approximate surface area is 126 Å². The molecule has 0 saturated heterocycles. The van der Waals surface area contributed by atoms with E-state index in [0.717, 1.165) is 11.1 Å². The van der Waals surface area contributed by atoms with Crippen molar-refractivity contribution in [2.24, 2.45) is 0 Å². The molecule has 0 fully saturated rings. The number of ether oxygens (including phenoxy) is 1. The highest BCUT2D eigenvalue weighted by Gasteiger charge is 2.22. The van der Waals surface area contributed by atoms with Crippen molar-refractivity contribution in [1.82, 2.24) is 5.32 Å². The van der Waals surface area contributed by atoms with Crippen molar-refractivity contribution in [3.05, 3.63) is 41.3 Å². The minimum Gasteiger partial charge on any atom is -0.462 e. The van der Waals surface area contributed by atoms with E-state index in [-0.39, 0.29) is 12.6 Å². The molecule has 2 amide bonds. The summed E-state index contributed by atoms with van der Waals surface area (Å²) in [5, 5.41) is 7.44. The number of anilines is 1. The van der Waals surface area contributed by atoms with Gasteiger partial charge in [-0.15, -0.1) is 11.3 Å². The molecular weight excluding hydrogens is 288 g/mol. The van der Waals surface area contributed by atoms with E-state index in [1.807, 2.05) is 35.7 Å². The summed E-state index contributed by atoms with van der Waals surface area (Å²) in [6, 6.07) is 9.15. The van der Waals surface area contributed by atoms with Crippen LogP contribution in [0.2, 0.25) is 0 Å². The molecule has 0 aliphatic heterocycles. The Morgan fingerprint density at radius 3 is 2.57 bits per heavy atom. The van der Waals surface area contributed by atoms with E-state index in [4.69, 9.17) is 4.74 Å². The molecule has 6 heteroatoms. The molecule has 1 aromatic carbocycles. The quantitative estimate of drug-likeness (QED) is 0.851. The van der Waals surface area contributed by atoms with Crippen LogP contribution in [0.25, 0.3) is 11.1 Å². The molecule has 0 spiro atoms. The molecule has 2 aromatic rings. The summed E-state index contributed by atoms with van der Waals surface area (Å²) in [7, 11) is 1.52. The predicted molar refractivity (Wildman–Crippen MR) is 83.8 cm³/mol. The van der Waals surface area contributed by atoms with E-state index >= 15 is 0 Å². The molecule has 1 heterocycles. The number of amides is 2. The number of carbonyl (C=O) groups excluding carboxylic acids is 2. The summed E-state index contributed by atoms with van der Waals surface area (Å²) in [4.78, 5) is 23.7. The summed E-state index contributed by atoms with van der Waals surface area (Å²) in [5.74, 6) is -0.441. The van der Waals surface area contributed by atoms with Crippen LogP contribution in [-0.2, 0) is 4.74 Å². The number of rotatable bonds is 4. The summed E-state index contributed by atoms with van der Waals surface area (Å²) in [5.41, 5.74) is 2.05. The lowest BCUT2D eigenvalue weighted by atomic mass is 10.0. The number of thiophene rings is 1. The number of hydrogen-bond donors (Lipinski definition) is 2. The maximum atomic E-state index is 12.2. The van der Waals surface area contributed by atoms with E-state index in [9.17, 15) is 9.59 Å². The lowest BCUT2D eigenvalue weighted by Gasteiger charge is -2.08. The molecule has 0 radical (unpaired) electrons. The maximum absolute atomic E-state index is 12.2. The van der Waals surface area contributed by atoms with Gasteiger partial charge < -0.3 is 10.1 Å². The van der Waals surface area contributed by atoms with Crippen molar-refractivity contribution in [2.75, 3.05) is 19.0 Å². The first-order valence-electron chi connectivity index (χ1n) is 6.50. The highest BCUT2D eigenvalue weighted by molar-refractivity contribution is 7.15. The van der Waals surface area contributed by atoms with E-state index in [1.165, 1.54) is 18.4 Å². The van der Waals surface area contributed by atoms with Gasteiger partial charge in [-0.2, -0.15) is 0 Å². The number of carbonyl (C=O) groups is 2. The molecule has 21 heavy (non-hydrogen) atoms. The first kappa shape index (κ1) is 15.1. The highest BCUT2D eigenvalue weighted by atomic mass is 32.1. The van der Waals surface area contributed by atoms with Gasteiger partial charge in [-0.1, -0.05) is 30.3 Å². The van der Waals surface area contributed by atoms with Crippen molar-refractivity contribution in [1.29, 1.82) is 0 Å². The molecule has 0 atom stereocenters. The molecule has 2 rings (SSSR count). The number of esters is 1. The normalized spacial score (nSPS) is 10.0. The van der Waals surface area contributed by atoms with Gasteiger partial charge in [0.15, 0.2) is 0 Å². The first-order valence-corrected chi connectivity index (χ1v) is 7.38. The number of hydrogen-bond acceptors (Lipinski definition) is 4. The minimum atomic E-state index is -0.441. The molecule has 0 unspecified atom stereocenters. The molecule has 2 N–H and O–H groups in total. The Hall–Kier alpha value is -2.34. The molecule has 1 aromatic heterocycles. The van der Waals surface area contributed by atoms with Crippen molar-refractivity contribution in [3.63, 3.8) is 0 Å². The van der Waals surface area contributed by atoms with Crippen LogP contribution in [0.1, 0.15) is 17.3 Å². The number of nitrogens with one attached hydrogen (secondary N) is 2. The second-order valence-corrected chi connectivity index (χ2v) is 5.02. The average Bonchev–Trinajstić information content (AvgIpc) is 2.92. The average molecular weight is 304 g/mol. The van der Waals surface area contributed by atoms with E-state index in [1.54, 1.807) is 6.92 Å². The van der Waals surface area contributed by atoms with Gasteiger partial charge in [0, 0.05) is 18.0 Å². The van der Waals surface area contributed by atoms with Crippen LogP contribution in [0.5, 0.6) is 0 Å². The maximum Gasteiger partial charge on any atom is 0.341 e. The van der Waals surface area contributed by atoms with E-state index < -0.39 is 5.97 Å². The molecular formula is C15H16N2O3S. The van der Waals surface area contributed by atoms with Crippen molar-refractivity contribution < 1.29 is 14.3 Å². The minimum absolute atomic E-state index is 0.280. The molecule has 110 valence electrons. The fourth-order valence-corrected chi connectivity index (χ4v) is 2.80. The van der Waals surface area contributed by atoms with Gasteiger partial charge in [-0.05, 0) is 12.5 Å². The standard InChI is InChI=1S/C15H16N2O3S/c1-3-20-14(18)12-11(10-7-5-4-6-8-10)9-21-13(12)17-15(19)16-2/h4-9H,3H2,1-2H3,(H2,16,17,19). The Kier molecular flexibility index (Phi) is 4.94. The number of benzene rings is 1. The van der Waals surface area contributed by atoms with Gasteiger partial charge in [-0.3, -0.25) is 5.32 Å². The summed E-state index contributed by atoms with van der Waals surface area (Å²) in [6.45, 7) is 2.03. The highest BCUT2D eigenvalue weighted by Crippen LogP contribution is 2.36. The lowest BCUT2D eigenvalue weighted by Crippen LogP contribution is -2.25. The van der Waals surface area contributed by atoms with Crippen molar-refractivity contribution in [3.8, 4) is 11.1 Å². The van der Waals surface area contributed by atoms with Crippen LogP contribution in [0, 0.1) is 0 Å². The van der Waals surface area contributed by atoms with Gasteiger partial charge in [0.2, 0.25) is 0 Å². The number of urea groups is 1.